The first kappa shape index (κ1) is 16.8. The lowest BCUT2D eigenvalue weighted by molar-refractivity contribution is 0.0571. The minimum absolute atomic E-state index is 0.0181. The van der Waals surface area contributed by atoms with Gasteiger partial charge >= 0.3 is 0 Å². The first-order valence-electron chi connectivity index (χ1n) is 5.69. The van der Waals surface area contributed by atoms with E-state index in [0.29, 0.717) is 0 Å². The summed E-state index contributed by atoms with van der Waals surface area (Å²) in [5.74, 6) is -0.652. The maximum absolute atomic E-state index is 12.4. The van der Waals surface area contributed by atoms with Gasteiger partial charge in [-0.2, -0.15) is 0 Å². The van der Waals surface area contributed by atoms with E-state index in [2.05, 4.69) is 0 Å². The van der Waals surface area contributed by atoms with Crippen LogP contribution in [0.25, 0.3) is 0 Å². The van der Waals surface area contributed by atoms with E-state index in [1.807, 2.05) is 0 Å². The fraction of sp³-hybridized carbons (Fsp3) is 0.417. The largest absolute Gasteiger partial charge is 0.332 e. The summed E-state index contributed by atoms with van der Waals surface area (Å²) in [6, 6.07) is 5.28. The molecule has 0 unspecified atom stereocenters. The minimum atomic E-state index is -3.46. The zero-order chi connectivity index (χ0) is 15.3. The van der Waals surface area contributed by atoms with Crippen LogP contribution in [0.4, 0.5) is 8.78 Å². The van der Waals surface area contributed by atoms with Crippen LogP contribution in [0, 0.1) is 0 Å². The monoisotopic (exact) mass is 325 g/mol. The topological polar surface area (TPSA) is 54.5 Å². The maximum Gasteiger partial charge on any atom is 0.255 e. The van der Waals surface area contributed by atoms with Gasteiger partial charge in [0.15, 0.2) is 9.84 Å². The van der Waals surface area contributed by atoms with Crippen LogP contribution < -0.4 is 0 Å². The lowest BCUT2D eigenvalue weighted by Crippen LogP contribution is -2.36. The Bertz CT molecular complexity index is 578. The second-order valence-corrected chi connectivity index (χ2v) is 6.52. The summed E-state index contributed by atoms with van der Waals surface area (Å²) >= 11 is 5.48. The molecule has 0 saturated carbocycles. The van der Waals surface area contributed by atoms with E-state index >= 15 is 0 Å². The number of halogens is 3. The van der Waals surface area contributed by atoms with Crippen LogP contribution in [-0.4, -0.2) is 50.9 Å². The van der Waals surface area contributed by atoms with Gasteiger partial charge in [0.1, 0.15) is 0 Å². The Kier molecular flexibility index (Phi) is 5.88. The molecule has 112 valence electrons. The SMILES string of the molecule is CS(=O)(=O)c1cccc(C(=O)N(CCCl)CC(F)F)c1. The van der Waals surface area contributed by atoms with Gasteiger partial charge in [-0.3, -0.25) is 4.79 Å². The average Bonchev–Trinajstić information content (AvgIpc) is 2.36. The molecule has 0 heterocycles. The number of alkyl halides is 3. The highest BCUT2D eigenvalue weighted by Crippen LogP contribution is 2.14. The van der Waals surface area contributed by atoms with E-state index in [4.69, 9.17) is 11.6 Å². The molecule has 0 atom stereocenters. The Labute approximate surface area is 121 Å². The number of amides is 1. The van der Waals surface area contributed by atoms with Crippen LogP contribution in [0.5, 0.6) is 0 Å². The second-order valence-electron chi connectivity index (χ2n) is 4.13. The third-order valence-corrected chi connectivity index (χ3v) is 3.79. The number of nitrogens with zero attached hydrogens (tertiary/aromatic N) is 1. The molecule has 8 heteroatoms. The van der Waals surface area contributed by atoms with Crippen molar-refractivity contribution in [3.05, 3.63) is 29.8 Å². The van der Waals surface area contributed by atoms with Crippen LogP contribution in [0.1, 0.15) is 10.4 Å². The van der Waals surface area contributed by atoms with E-state index in [1.165, 1.54) is 24.3 Å². The molecule has 0 N–H and O–H groups in total. The molecular formula is C12H14ClF2NO3S. The van der Waals surface area contributed by atoms with Crippen molar-refractivity contribution >= 4 is 27.3 Å². The Morgan fingerprint density at radius 2 is 2.05 bits per heavy atom. The molecule has 4 nitrogen and oxygen atoms in total. The summed E-state index contributed by atoms with van der Waals surface area (Å²) in [6.45, 7) is -0.775. The van der Waals surface area contributed by atoms with Crippen molar-refractivity contribution in [2.24, 2.45) is 0 Å². The van der Waals surface area contributed by atoms with Crippen molar-refractivity contribution < 1.29 is 22.0 Å². The molecule has 0 aromatic heterocycles. The van der Waals surface area contributed by atoms with Gasteiger partial charge in [0.2, 0.25) is 0 Å². The predicted octanol–water partition coefficient (Wildman–Crippen LogP) is 2.04. The molecule has 0 aliphatic carbocycles. The molecule has 0 aliphatic rings. The highest BCUT2D eigenvalue weighted by molar-refractivity contribution is 7.90. The molecule has 0 saturated heterocycles. The summed E-state index contributed by atoms with van der Waals surface area (Å²) in [5.41, 5.74) is 0.0405. The highest BCUT2D eigenvalue weighted by atomic mass is 35.5. The second kappa shape index (κ2) is 6.99. The molecule has 1 aromatic carbocycles. The molecule has 1 amide bonds. The van der Waals surface area contributed by atoms with E-state index in [1.54, 1.807) is 0 Å². The fourth-order valence-electron chi connectivity index (χ4n) is 1.59. The molecule has 0 bridgehead atoms. The molecule has 0 aliphatic heterocycles. The number of rotatable bonds is 6. The molecule has 1 rings (SSSR count). The zero-order valence-corrected chi connectivity index (χ0v) is 12.3. The van der Waals surface area contributed by atoms with Crippen molar-refractivity contribution in [1.82, 2.24) is 4.90 Å². The lowest BCUT2D eigenvalue weighted by Gasteiger charge is -2.21. The summed E-state index contributed by atoms with van der Waals surface area (Å²) < 4.78 is 47.7. The van der Waals surface area contributed by atoms with E-state index in [9.17, 15) is 22.0 Å². The molecule has 0 radical (unpaired) electrons. The summed E-state index contributed by atoms with van der Waals surface area (Å²) in [7, 11) is -3.46. The standard InChI is InChI=1S/C12H14ClF2NO3S/c1-20(18,19)10-4-2-3-9(7-10)12(17)16(6-5-13)8-11(14)15/h2-4,7,11H,5-6,8H2,1H3. The zero-order valence-electron chi connectivity index (χ0n) is 10.7. The van der Waals surface area contributed by atoms with Crippen LogP contribution in [0.15, 0.2) is 29.2 Å². The first-order valence-corrected chi connectivity index (χ1v) is 8.12. The van der Waals surface area contributed by atoms with Gasteiger partial charge in [-0.1, -0.05) is 6.07 Å². The van der Waals surface area contributed by atoms with E-state index in [-0.39, 0.29) is 22.9 Å². The summed E-state index contributed by atoms with van der Waals surface area (Å²) in [4.78, 5) is 13.0. The number of sulfone groups is 1. The van der Waals surface area contributed by atoms with Crippen LogP contribution in [0.2, 0.25) is 0 Å². The van der Waals surface area contributed by atoms with E-state index in [0.717, 1.165) is 11.2 Å². The Hall–Kier alpha value is -1.21. The summed E-state index contributed by atoms with van der Waals surface area (Å²) in [6.07, 6.45) is -1.67. The smallest absolute Gasteiger partial charge is 0.255 e. The molecule has 0 spiro atoms. The molecular weight excluding hydrogens is 312 g/mol. The first-order chi connectivity index (χ1) is 9.25. The van der Waals surface area contributed by atoms with Gasteiger partial charge in [0.05, 0.1) is 11.4 Å². The van der Waals surface area contributed by atoms with Gasteiger partial charge in [0, 0.05) is 24.2 Å². The molecule has 1 aromatic rings. The molecule has 0 fully saturated rings. The number of hydrogen-bond donors (Lipinski definition) is 0. The average molecular weight is 326 g/mol. The number of carbonyl (C=O) groups excluding carboxylic acids is 1. The van der Waals surface area contributed by atoms with E-state index < -0.39 is 28.7 Å². The Balaban J connectivity index is 3.06. The predicted molar refractivity (Wildman–Crippen MR) is 72.2 cm³/mol. The van der Waals surface area contributed by atoms with Crippen molar-refractivity contribution in [1.29, 1.82) is 0 Å². The number of benzene rings is 1. The Morgan fingerprint density at radius 3 is 2.55 bits per heavy atom. The highest BCUT2D eigenvalue weighted by Gasteiger charge is 2.20. The van der Waals surface area contributed by atoms with Crippen molar-refractivity contribution in [3.63, 3.8) is 0 Å². The Morgan fingerprint density at radius 1 is 1.40 bits per heavy atom. The van der Waals surface area contributed by atoms with Gasteiger partial charge < -0.3 is 4.90 Å². The van der Waals surface area contributed by atoms with Gasteiger partial charge in [-0.15, -0.1) is 11.6 Å². The lowest BCUT2D eigenvalue weighted by atomic mass is 10.2. The number of hydrogen-bond acceptors (Lipinski definition) is 3. The normalized spacial score (nSPS) is 11.7. The summed E-state index contributed by atoms with van der Waals surface area (Å²) in [5, 5.41) is 0. The van der Waals surface area contributed by atoms with Gasteiger partial charge in [0.25, 0.3) is 12.3 Å². The van der Waals surface area contributed by atoms with Crippen molar-refractivity contribution in [2.45, 2.75) is 11.3 Å². The van der Waals surface area contributed by atoms with Crippen molar-refractivity contribution in [2.75, 3.05) is 25.2 Å². The maximum atomic E-state index is 12.4. The van der Waals surface area contributed by atoms with Crippen molar-refractivity contribution in [3.8, 4) is 0 Å². The van der Waals surface area contributed by atoms with Crippen LogP contribution in [0.3, 0.4) is 0 Å². The van der Waals surface area contributed by atoms with Crippen LogP contribution in [-0.2, 0) is 9.84 Å². The minimum Gasteiger partial charge on any atom is -0.332 e. The number of carbonyl (C=O) groups is 1. The molecule has 20 heavy (non-hydrogen) atoms. The van der Waals surface area contributed by atoms with Gasteiger partial charge in [-0.25, -0.2) is 17.2 Å². The van der Waals surface area contributed by atoms with Gasteiger partial charge in [-0.05, 0) is 18.2 Å². The van der Waals surface area contributed by atoms with Crippen LogP contribution >= 0.6 is 11.6 Å². The third-order valence-electron chi connectivity index (χ3n) is 2.51. The fourth-order valence-corrected chi connectivity index (χ4v) is 2.46. The quantitative estimate of drug-likeness (QED) is 0.752. The third kappa shape index (κ3) is 4.72.